The molecule has 1 rings (SSSR count). The first kappa shape index (κ1) is 21.1. The van der Waals surface area contributed by atoms with E-state index in [1.807, 2.05) is 0 Å². The minimum atomic E-state index is -5.19. The Morgan fingerprint density at radius 2 is 1.76 bits per heavy atom. The smallest absolute Gasteiger partial charge is 0.404 e. The molecule has 0 heterocycles. The Hall–Kier alpha value is -1.91. The number of alkyl halides is 3. The summed E-state index contributed by atoms with van der Waals surface area (Å²) in [6.45, 7) is 1.79. The van der Waals surface area contributed by atoms with E-state index >= 15 is 0 Å². The van der Waals surface area contributed by atoms with Crippen molar-refractivity contribution in [2.45, 2.75) is 37.4 Å². The summed E-state index contributed by atoms with van der Waals surface area (Å²) in [6, 6.07) is 3.59. The van der Waals surface area contributed by atoms with E-state index in [-0.39, 0.29) is 6.42 Å². The highest BCUT2D eigenvalue weighted by Crippen LogP contribution is 2.31. The van der Waals surface area contributed by atoms with Gasteiger partial charge in [0.1, 0.15) is 10.6 Å². The first-order valence-electron chi connectivity index (χ1n) is 7.00. The Morgan fingerprint density at radius 3 is 2.28 bits per heavy atom. The Kier molecular flexibility index (Phi) is 6.75. The maximum atomic E-state index is 12.4. The fourth-order valence-corrected chi connectivity index (χ4v) is 5.56. The zero-order valence-corrected chi connectivity index (χ0v) is 14.7. The average Bonchev–Trinajstić information content (AvgIpc) is 2.46. The van der Waals surface area contributed by atoms with Crippen LogP contribution in [0.4, 0.5) is 13.2 Å². The van der Waals surface area contributed by atoms with Crippen molar-refractivity contribution in [2.24, 2.45) is 0 Å². The Balaban J connectivity index is 3.39. The molecule has 0 atom stereocenters. The van der Waals surface area contributed by atoms with E-state index in [9.17, 15) is 30.0 Å². The van der Waals surface area contributed by atoms with Gasteiger partial charge in [-0.05, 0) is 18.6 Å². The van der Waals surface area contributed by atoms with Crippen LogP contribution in [0.1, 0.15) is 26.2 Å². The number of unbranched alkanes of at least 4 members (excludes halogenated alkanes) is 2. The van der Waals surface area contributed by atoms with Gasteiger partial charge in [0.2, 0.25) is 0 Å². The van der Waals surface area contributed by atoms with Gasteiger partial charge < -0.3 is 10.3 Å². The Morgan fingerprint density at radius 1 is 1.16 bits per heavy atom. The summed E-state index contributed by atoms with van der Waals surface area (Å²) >= 11 is 0. The predicted molar refractivity (Wildman–Crippen MR) is 82.2 cm³/mol. The van der Waals surface area contributed by atoms with Gasteiger partial charge >= 0.3 is 10.7 Å². The minimum Gasteiger partial charge on any atom is -0.404 e. The van der Waals surface area contributed by atoms with E-state index in [0.29, 0.717) is 18.9 Å². The number of benzene rings is 1. The highest BCUT2D eigenvalue weighted by atomic mass is 32.3. The lowest BCUT2D eigenvalue weighted by Gasteiger charge is -2.12. The van der Waals surface area contributed by atoms with Crippen LogP contribution in [-0.4, -0.2) is 38.1 Å². The highest BCUT2D eigenvalue weighted by Gasteiger charge is 2.45. The number of ether oxygens (including phenoxy) is 1. The number of rotatable bonds is 6. The predicted octanol–water partition coefficient (Wildman–Crippen LogP) is 2.55. The normalized spacial score (nSPS) is 12.5. The third-order valence-corrected chi connectivity index (χ3v) is 7.28. The molecule has 0 aromatic heterocycles. The molecular formula is C13H15F3N2O5S2. The van der Waals surface area contributed by atoms with Gasteiger partial charge in [0.05, 0.1) is 5.75 Å². The molecule has 0 bridgehead atoms. The molecule has 0 saturated heterocycles. The molecule has 12 heteroatoms. The zero-order valence-electron chi connectivity index (χ0n) is 13.0. The molecule has 0 amide bonds. The number of para-hydroxylation sites is 1. The zero-order chi connectivity index (χ0) is 19.3. The first-order chi connectivity index (χ1) is 11.5. The molecule has 0 spiro atoms. The van der Waals surface area contributed by atoms with Crippen LogP contribution in [-0.2, 0) is 19.7 Å². The molecule has 0 aliphatic rings. The number of sulfone groups is 2. The molecule has 0 fully saturated rings. The van der Waals surface area contributed by atoms with Gasteiger partial charge in [0.25, 0.3) is 19.7 Å². The number of halogens is 3. The fraction of sp³-hybridized carbons (Fsp3) is 0.462. The second kappa shape index (κ2) is 7.98. The molecule has 1 aromatic carbocycles. The second-order valence-electron chi connectivity index (χ2n) is 4.89. The molecule has 0 unspecified atom stereocenters. The largest absolute Gasteiger partial charge is 0.573 e. The van der Waals surface area contributed by atoms with Gasteiger partial charge in [-0.1, -0.05) is 31.9 Å². The van der Waals surface area contributed by atoms with Gasteiger partial charge in [0.15, 0.2) is 0 Å². The van der Waals surface area contributed by atoms with Crippen LogP contribution in [0.15, 0.2) is 29.2 Å². The summed E-state index contributed by atoms with van der Waals surface area (Å²) in [7, 11) is -9.60. The number of nitrogens with zero attached hydrogens (tertiary/aromatic N) is 2. The van der Waals surface area contributed by atoms with Gasteiger partial charge in [-0.2, -0.15) is 0 Å². The highest BCUT2D eigenvalue weighted by molar-refractivity contribution is 8.31. The quantitative estimate of drug-likeness (QED) is 0.239. The van der Waals surface area contributed by atoms with Crippen molar-refractivity contribution in [1.82, 2.24) is 0 Å². The van der Waals surface area contributed by atoms with Crippen molar-refractivity contribution in [2.75, 3.05) is 5.75 Å². The van der Waals surface area contributed by atoms with E-state index in [1.165, 1.54) is 0 Å². The Labute approximate surface area is 142 Å². The lowest BCUT2D eigenvalue weighted by atomic mass is 10.3. The van der Waals surface area contributed by atoms with Crippen molar-refractivity contribution in [3.8, 4) is 5.75 Å². The summed E-state index contributed by atoms with van der Waals surface area (Å²) in [5.41, 5.74) is 8.91. The number of hydrogen-bond donors (Lipinski definition) is 0. The molecule has 140 valence electrons. The molecule has 0 aliphatic heterocycles. The molecule has 1 aromatic rings. The van der Waals surface area contributed by atoms with Crippen molar-refractivity contribution >= 4 is 24.1 Å². The van der Waals surface area contributed by atoms with Crippen LogP contribution in [0.5, 0.6) is 5.75 Å². The standard InChI is InChI=1S/C13H15F3N2O5S2/c1-2-3-6-9-24(19,20)12(18-17)25(21,22)11-8-5-4-7-10(11)23-13(14,15)16/h4-5,7-8H,2-3,6,9H2,1H3. The van der Waals surface area contributed by atoms with Crippen LogP contribution in [0.25, 0.3) is 5.53 Å². The van der Waals surface area contributed by atoms with E-state index < -0.39 is 46.8 Å². The molecule has 0 aliphatic carbocycles. The van der Waals surface area contributed by atoms with E-state index in [1.54, 1.807) is 6.92 Å². The van der Waals surface area contributed by atoms with Crippen LogP contribution in [0, 0.1) is 0 Å². The van der Waals surface area contributed by atoms with Gasteiger partial charge in [-0.3, -0.25) is 0 Å². The SMILES string of the molecule is CCCCCS(=O)(=O)C(=[N+]=[N-])S(=O)(=O)c1ccccc1OC(F)(F)F. The summed E-state index contributed by atoms with van der Waals surface area (Å²) in [5, 5.41) is 0. The van der Waals surface area contributed by atoms with E-state index in [2.05, 4.69) is 9.53 Å². The molecular weight excluding hydrogens is 385 g/mol. The molecule has 0 radical (unpaired) electrons. The van der Waals surface area contributed by atoms with Crippen LogP contribution in [0.2, 0.25) is 0 Å². The molecule has 0 N–H and O–H groups in total. The van der Waals surface area contributed by atoms with E-state index in [0.717, 1.165) is 18.2 Å². The van der Waals surface area contributed by atoms with Gasteiger partial charge in [-0.25, -0.2) is 16.8 Å². The summed E-state index contributed by atoms with van der Waals surface area (Å²) < 4.78 is 88.4. The van der Waals surface area contributed by atoms with Crippen molar-refractivity contribution < 1.29 is 39.5 Å². The van der Waals surface area contributed by atoms with E-state index in [4.69, 9.17) is 5.53 Å². The van der Waals surface area contributed by atoms with Crippen LogP contribution >= 0.6 is 0 Å². The lowest BCUT2D eigenvalue weighted by Crippen LogP contribution is -2.29. The van der Waals surface area contributed by atoms with Crippen molar-refractivity contribution in [3.63, 3.8) is 0 Å². The molecule has 25 heavy (non-hydrogen) atoms. The minimum absolute atomic E-state index is 0.105. The van der Waals surface area contributed by atoms with Crippen molar-refractivity contribution in [3.05, 3.63) is 29.8 Å². The van der Waals surface area contributed by atoms with Crippen LogP contribution in [0.3, 0.4) is 0 Å². The summed E-state index contributed by atoms with van der Waals surface area (Å²) in [5.74, 6) is -1.75. The van der Waals surface area contributed by atoms with Crippen LogP contribution < -0.4 is 4.74 Å². The topological polar surface area (TPSA) is 114 Å². The average molecular weight is 400 g/mol. The maximum Gasteiger partial charge on any atom is 0.573 e. The van der Waals surface area contributed by atoms with Crippen molar-refractivity contribution in [1.29, 1.82) is 0 Å². The summed E-state index contributed by atoms with van der Waals surface area (Å²) in [6.07, 6.45) is -3.96. The molecule has 7 nitrogen and oxygen atoms in total. The monoisotopic (exact) mass is 400 g/mol. The number of hydrogen-bond acceptors (Lipinski definition) is 5. The third-order valence-electron chi connectivity index (χ3n) is 2.96. The Bertz CT molecular complexity index is 873. The van der Waals surface area contributed by atoms with Gasteiger partial charge in [0, 0.05) is 0 Å². The third kappa shape index (κ3) is 5.55. The fourth-order valence-electron chi connectivity index (χ4n) is 1.89. The lowest BCUT2D eigenvalue weighted by molar-refractivity contribution is -0.275. The second-order valence-corrected chi connectivity index (χ2v) is 9.01. The molecule has 0 saturated carbocycles. The van der Waals surface area contributed by atoms with Gasteiger partial charge in [-0.15, -0.1) is 18.0 Å². The maximum absolute atomic E-state index is 12.4. The summed E-state index contributed by atoms with van der Waals surface area (Å²) in [4.78, 5) is 1.26. The first-order valence-corrected chi connectivity index (χ1v) is 10.1.